The summed E-state index contributed by atoms with van der Waals surface area (Å²) in [7, 11) is 0. The third kappa shape index (κ3) is 4.96. The molecule has 0 saturated carbocycles. The van der Waals surface area contributed by atoms with Crippen molar-refractivity contribution in [2.75, 3.05) is 0 Å². The number of imide groups is 1. The van der Waals surface area contributed by atoms with Gasteiger partial charge in [-0.25, -0.2) is 9.59 Å². The molecule has 1 aliphatic rings. The van der Waals surface area contributed by atoms with Crippen LogP contribution < -0.4 is 10.6 Å². The lowest BCUT2D eigenvalue weighted by molar-refractivity contribution is -0.127. The normalized spacial score (nSPS) is 17.0. The Bertz CT molecular complexity index is 994. The number of fused-ring (bicyclic) bond motifs is 2. The topological polar surface area (TPSA) is 97.4 Å². The second-order valence-corrected chi connectivity index (χ2v) is 9.02. The number of nitrogens with zero attached hydrogens (tertiary/aromatic N) is 1. The van der Waals surface area contributed by atoms with Gasteiger partial charge in [-0.3, -0.25) is 15.1 Å². The van der Waals surface area contributed by atoms with E-state index in [1.807, 2.05) is 24.3 Å². The Morgan fingerprint density at radius 1 is 1.20 bits per heavy atom. The van der Waals surface area contributed by atoms with E-state index in [4.69, 9.17) is 9.72 Å². The Morgan fingerprint density at radius 3 is 2.60 bits per heavy atom. The molecule has 0 spiro atoms. The smallest absolute Gasteiger partial charge is 0.339 e. The molecule has 2 atom stereocenters. The van der Waals surface area contributed by atoms with E-state index in [1.165, 1.54) is 6.92 Å². The molecule has 0 fully saturated rings. The van der Waals surface area contributed by atoms with Gasteiger partial charge in [-0.2, -0.15) is 0 Å². The van der Waals surface area contributed by atoms with Crippen LogP contribution in [0.4, 0.5) is 4.79 Å². The van der Waals surface area contributed by atoms with E-state index < -0.39 is 29.6 Å². The van der Waals surface area contributed by atoms with Gasteiger partial charge in [0, 0.05) is 16.6 Å². The summed E-state index contributed by atoms with van der Waals surface area (Å²) >= 11 is 0. The molecule has 0 aliphatic heterocycles. The van der Waals surface area contributed by atoms with Gasteiger partial charge in [0.1, 0.15) is 0 Å². The van der Waals surface area contributed by atoms with E-state index in [0.717, 1.165) is 36.0 Å². The van der Waals surface area contributed by atoms with Gasteiger partial charge in [0.25, 0.3) is 5.91 Å². The van der Waals surface area contributed by atoms with Crippen LogP contribution in [0.15, 0.2) is 24.3 Å². The molecule has 7 heteroatoms. The van der Waals surface area contributed by atoms with Crippen molar-refractivity contribution in [2.24, 2.45) is 5.92 Å². The van der Waals surface area contributed by atoms with E-state index in [9.17, 15) is 14.4 Å². The van der Waals surface area contributed by atoms with E-state index in [-0.39, 0.29) is 0 Å². The largest absolute Gasteiger partial charge is 0.449 e. The second-order valence-electron chi connectivity index (χ2n) is 9.02. The maximum absolute atomic E-state index is 13.1. The zero-order valence-corrected chi connectivity index (χ0v) is 18.2. The number of benzene rings is 1. The lowest BCUT2D eigenvalue weighted by Gasteiger charge is -2.25. The zero-order chi connectivity index (χ0) is 22.1. The van der Waals surface area contributed by atoms with Crippen LogP contribution in [0.2, 0.25) is 0 Å². The number of ether oxygens (including phenoxy) is 1. The number of urea groups is 1. The van der Waals surface area contributed by atoms with Crippen LogP contribution in [-0.2, 0) is 22.4 Å². The number of carbonyl (C=O) groups is 3. The molecule has 7 nitrogen and oxygen atoms in total. The van der Waals surface area contributed by atoms with Crippen LogP contribution in [-0.4, -0.2) is 34.5 Å². The number of hydrogen-bond acceptors (Lipinski definition) is 5. The van der Waals surface area contributed by atoms with Gasteiger partial charge in [0.2, 0.25) is 0 Å². The molecule has 0 unspecified atom stereocenters. The predicted octanol–water partition coefficient (Wildman–Crippen LogP) is 3.53. The average molecular weight is 412 g/mol. The van der Waals surface area contributed by atoms with Crippen LogP contribution in [0.5, 0.6) is 0 Å². The van der Waals surface area contributed by atoms with Gasteiger partial charge in [0.15, 0.2) is 6.10 Å². The second kappa shape index (κ2) is 8.42. The highest BCUT2D eigenvalue weighted by Crippen LogP contribution is 2.32. The number of aromatic nitrogens is 1. The highest BCUT2D eigenvalue weighted by Gasteiger charge is 2.29. The van der Waals surface area contributed by atoms with Crippen molar-refractivity contribution in [2.45, 2.75) is 65.5 Å². The van der Waals surface area contributed by atoms with Crippen LogP contribution in [0.1, 0.15) is 62.7 Å². The average Bonchev–Trinajstić information content (AvgIpc) is 2.64. The first-order valence-electron chi connectivity index (χ1n) is 10.3. The summed E-state index contributed by atoms with van der Waals surface area (Å²) in [4.78, 5) is 42.2. The predicted molar refractivity (Wildman–Crippen MR) is 114 cm³/mol. The Hall–Kier alpha value is -2.96. The van der Waals surface area contributed by atoms with Crippen molar-refractivity contribution in [3.05, 3.63) is 41.1 Å². The standard InChI is InChI=1S/C23H29N3O4/c1-13-10-11-18-16(12-13)19(15-8-6-7-9-17(15)24-18)21(28)30-14(2)20(27)25-22(29)26-23(3,4)5/h6-9,13-14H,10-12H2,1-5H3,(H2,25,26,27,29)/t13-,14-/m1/s1. The fraction of sp³-hybridized carbons (Fsp3) is 0.478. The molecule has 2 aromatic rings. The third-order valence-electron chi connectivity index (χ3n) is 5.09. The quantitative estimate of drug-likeness (QED) is 0.753. The van der Waals surface area contributed by atoms with E-state index >= 15 is 0 Å². The molecule has 0 bridgehead atoms. The fourth-order valence-electron chi connectivity index (χ4n) is 3.65. The number of pyridine rings is 1. The monoisotopic (exact) mass is 411 g/mol. The molecule has 1 heterocycles. The van der Waals surface area contributed by atoms with Crippen LogP contribution in [0, 0.1) is 5.92 Å². The zero-order valence-electron chi connectivity index (χ0n) is 18.2. The van der Waals surface area contributed by atoms with Crippen LogP contribution in [0.3, 0.4) is 0 Å². The van der Waals surface area contributed by atoms with Crippen LogP contribution >= 0.6 is 0 Å². The molecule has 1 aromatic carbocycles. The first-order valence-corrected chi connectivity index (χ1v) is 10.3. The minimum absolute atomic E-state index is 0.439. The highest BCUT2D eigenvalue weighted by atomic mass is 16.5. The Kier molecular flexibility index (Phi) is 6.10. The summed E-state index contributed by atoms with van der Waals surface area (Å²) in [6, 6.07) is 6.83. The van der Waals surface area contributed by atoms with Crippen molar-refractivity contribution in [1.29, 1.82) is 0 Å². The summed E-state index contributed by atoms with van der Waals surface area (Å²) < 4.78 is 5.48. The maximum Gasteiger partial charge on any atom is 0.339 e. The molecule has 160 valence electrons. The van der Waals surface area contributed by atoms with E-state index in [1.54, 1.807) is 20.8 Å². The molecule has 30 heavy (non-hydrogen) atoms. The first kappa shape index (κ1) is 21.7. The van der Waals surface area contributed by atoms with E-state index in [0.29, 0.717) is 16.9 Å². The van der Waals surface area contributed by atoms with E-state index in [2.05, 4.69) is 17.6 Å². The summed E-state index contributed by atoms with van der Waals surface area (Å²) in [6.45, 7) is 9.02. The number of amides is 3. The number of rotatable bonds is 3. The minimum Gasteiger partial charge on any atom is -0.449 e. The Balaban J connectivity index is 1.84. The summed E-state index contributed by atoms with van der Waals surface area (Å²) in [5, 5.41) is 5.58. The van der Waals surface area contributed by atoms with Crippen molar-refractivity contribution < 1.29 is 19.1 Å². The molecular formula is C23H29N3O4. The Labute approximate surface area is 176 Å². The molecule has 3 amide bonds. The molecule has 0 saturated heterocycles. The summed E-state index contributed by atoms with van der Waals surface area (Å²) in [5.41, 5.74) is 2.53. The van der Waals surface area contributed by atoms with Crippen molar-refractivity contribution in [1.82, 2.24) is 15.6 Å². The third-order valence-corrected chi connectivity index (χ3v) is 5.09. The van der Waals surface area contributed by atoms with Gasteiger partial charge in [-0.15, -0.1) is 0 Å². The van der Waals surface area contributed by atoms with Gasteiger partial charge in [-0.05, 0) is 64.5 Å². The van der Waals surface area contributed by atoms with Crippen molar-refractivity contribution in [3.8, 4) is 0 Å². The lowest BCUT2D eigenvalue weighted by Crippen LogP contribution is -2.50. The first-order chi connectivity index (χ1) is 14.0. The molecule has 2 N–H and O–H groups in total. The Morgan fingerprint density at radius 2 is 1.90 bits per heavy atom. The SMILES string of the molecule is C[C@@H]1CCc2nc3ccccc3c(C(=O)O[C@H](C)C(=O)NC(=O)NC(C)(C)C)c2C1. The highest BCUT2D eigenvalue weighted by molar-refractivity contribution is 6.06. The fourth-order valence-corrected chi connectivity index (χ4v) is 3.65. The summed E-state index contributed by atoms with van der Waals surface area (Å²) in [6.07, 6.45) is 1.46. The molecule has 0 radical (unpaired) electrons. The molecular weight excluding hydrogens is 382 g/mol. The minimum atomic E-state index is -1.12. The molecule has 1 aliphatic carbocycles. The van der Waals surface area contributed by atoms with Crippen LogP contribution in [0.25, 0.3) is 10.9 Å². The van der Waals surface area contributed by atoms with Gasteiger partial charge >= 0.3 is 12.0 Å². The number of aryl methyl sites for hydroxylation is 1. The lowest BCUT2D eigenvalue weighted by atomic mass is 9.84. The summed E-state index contributed by atoms with van der Waals surface area (Å²) in [5.74, 6) is -0.808. The molecule has 3 rings (SSSR count). The number of carbonyl (C=O) groups excluding carboxylic acids is 3. The molecule has 1 aromatic heterocycles. The number of esters is 1. The number of hydrogen-bond donors (Lipinski definition) is 2. The van der Waals surface area contributed by atoms with Crippen molar-refractivity contribution >= 4 is 28.8 Å². The maximum atomic E-state index is 13.1. The van der Waals surface area contributed by atoms with Crippen molar-refractivity contribution in [3.63, 3.8) is 0 Å². The number of nitrogens with one attached hydrogen (secondary N) is 2. The number of para-hydroxylation sites is 1. The van der Waals surface area contributed by atoms with Gasteiger partial charge in [0.05, 0.1) is 11.1 Å². The van der Waals surface area contributed by atoms with Gasteiger partial charge < -0.3 is 10.1 Å². The van der Waals surface area contributed by atoms with Gasteiger partial charge in [-0.1, -0.05) is 25.1 Å².